The largest absolute Gasteiger partial charge is 0.443 e. The number of thiazole rings is 1. The Bertz CT molecular complexity index is 1310. The lowest BCUT2D eigenvalue weighted by atomic mass is 9.83. The molecule has 11 heteroatoms. The van der Waals surface area contributed by atoms with Crippen LogP contribution in [0.15, 0.2) is 47.2 Å². The van der Waals surface area contributed by atoms with Crippen LogP contribution in [-0.2, 0) is 14.4 Å². The van der Waals surface area contributed by atoms with Gasteiger partial charge in [0, 0.05) is 12.1 Å². The van der Waals surface area contributed by atoms with Gasteiger partial charge in [-0.3, -0.25) is 14.4 Å². The lowest BCUT2D eigenvalue weighted by molar-refractivity contribution is -0.142. The van der Waals surface area contributed by atoms with Crippen LogP contribution in [0.1, 0.15) is 51.9 Å². The molecule has 5 rings (SSSR count). The van der Waals surface area contributed by atoms with Crippen molar-refractivity contribution >= 4 is 34.1 Å². The number of carbonyl (C=O) groups is 3. The molecule has 1 unspecified atom stereocenters. The number of likely N-dealkylation sites (N-methyl/N-ethyl adjacent to an activating group) is 1. The van der Waals surface area contributed by atoms with Gasteiger partial charge in [0.1, 0.15) is 29.0 Å². The van der Waals surface area contributed by atoms with Gasteiger partial charge in [-0.2, -0.15) is 0 Å². The van der Waals surface area contributed by atoms with Crippen LogP contribution in [0.5, 0.6) is 0 Å². The van der Waals surface area contributed by atoms with Gasteiger partial charge in [0.25, 0.3) is 5.89 Å². The summed E-state index contributed by atoms with van der Waals surface area (Å²) in [7, 11) is 1.72. The fourth-order valence-corrected chi connectivity index (χ4v) is 6.48. The summed E-state index contributed by atoms with van der Waals surface area (Å²) in [5, 5.41) is 10.2. The van der Waals surface area contributed by atoms with Crippen molar-refractivity contribution < 1.29 is 18.8 Å². The van der Waals surface area contributed by atoms with E-state index in [1.54, 1.807) is 25.1 Å². The Kier molecular flexibility index (Phi) is 8.91. The van der Waals surface area contributed by atoms with Crippen LogP contribution < -0.4 is 16.0 Å². The van der Waals surface area contributed by atoms with Crippen LogP contribution >= 0.6 is 11.3 Å². The molecular weight excluding hydrogens is 528 g/mol. The fourth-order valence-electron chi connectivity index (χ4n) is 5.55. The highest BCUT2D eigenvalue weighted by atomic mass is 32.1. The van der Waals surface area contributed by atoms with Gasteiger partial charge in [0.15, 0.2) is 5.01 Å². The van der Waals surface area contributed by atoms with Gasteiger partial charge in [0.05, 0.1) is 12.2 Å². The van der Waals surface area contributed by atoms with Gasteiger partial charge >= 0.3 is 0 Å². The topological polar surface area (TPSA) is 129 Å². The van der Waals surface area contributed by atoms with Crippen LogP contribution in [0.3, 0.4) is 0 Å². The fraction of sp³-hybridized carbons (Fsp3) is 0.483. The molecule has 0 bridgehead atoms. The Hall–Kier alpha value is -3.57. The van der Waals surface area contributed by atoms with E-state index in [9.17, 15) is 14.4 Å². The molecule has 1 aliphatic heterocycles. The maximum atomic E-state index is 14.0. The Balaban J connectivity index is 1.38. The standard InChI is InChI=1S/C29H36N6O4S/c1-18(30-2)24(36)32-23(20-12-7-4-8-13-20)29(38)35-16-9-14-21(35)25(37)34-27-22(19-10-5-3-6-11-19)33-28(40-27)26-31-15-17-39-26/h3,5-6,10-11,15,17-18,20-21,23,30H,4,7-9,12-14,16H2,1-2H3,(H,32,36)(H,34,37)/t18-,21?,23-/m0/s1. The lowest BCUT2D eigenvalue weighted by Crippen LogP contribution is -2.57. The molecule has 3 N–H and O–H groups in total. The first-order valence-electron chi connectivity index (χ1n) is 14.0. The molecule has 212 valence electrons. The summed E-state index contributed by atoms with van der Waals surface area (Å²) in [6, 6.07) is 7.91. The van der Waals surface area contributed by atoms with Gasteiger partial charge in [-0.15, -0.1) is 0 Å². The number of oxazole rings is 1. The second kappa shape index (κ2) is 12.7. The first-order valence-corrected chi connectivity index (χ1v) is 14.8. The van der Waals surface area contributed by atoms with Crippen LogP contribution in [0.2, 0.25) is 0 Å². The minimum Gasteiger partial charge on any atom is -0.443 e. The summed E-state index contributed by atoms with van der Waals surface area (Å²) in [4.78, 5) is 51.1. The molecule has 1 aromatic carbocycles. The number of aromatic nitrogens is 2. The van der Waals surface area contributed by atoms with Crippen molar-refractivity contribution in [2.24, 2.45) is 5.92 Å². The number of rotatable bonds is 9. The highest BCUT2D eigenvalue weighted by Gasteiger charge is 2.41. The van der Waals surface area contributed by atoms with Gasteiger partial charge < -0.3 is 25.3 Å². The molecular formula is C29H36N6O4S. The predicted octanol–water partition coefficient (Wildman–Crippen LogP) is 4.07. The van der Waals surface area contributed by atoms with Crippen molar-refractivity contribution in [1.82, 2.24) is 25.5 Å². The summed E-state index contributed by atoms with van der Waals surface area (Å²) in [5.74, 6) is -0.199. The number of nitrogens with one attached hydrogen (secondary N) is 3. The monoisotopic (exact) mass is 564 g/mol. The third-order valence-electron chi connectivity index (χ3n) is 7.88. The molecule has 1 aliphatic carbocycles. The zero-order valence-corrected chi connectivity index (χ0v) is 23.7. The van der Waals surface area contributed by atoms with Crippen molar-refractivity contribution in [1.29, 1.82) is 0 Å². The molecule has 1 saturated heterocycles. The SMILES string of the molecule is CN[C@@H](C)C(=O)N[C@H](C(=O)N1CCCC1C(=O)Nc1sc(-c2ncco2)nc1-c1ccccc1)C1CCCCC1. The van der Waals surface area contributed by atoms with Crippen molar-refractivity contribution in [2.75, 3.05) is 18.9 Å². The molecule has 2 aromatic heterocycles. The van der Waals surface area contributed by atoms with E-state index in [0.717, 1.165) is 44.1 Å². The Morgan fingerprint density at radius 2 is 1.85 bits per heavy atom. The molecule has 2 fully saturated rings. The van der Waals surface area contributed by atoms with Crippen LogP contribution in [-0.4, -0.2) is 64.3 Å². The van der Waals surface area contributed by atoms with E-state index in [-0.39, 0.29) is 23.6 Å². The smallest absolute Gasteiger partial charge is 0.255 e. The number of nitrogens with zero attached hydrogens (tertiary/aromatic N) is 3. The zero-order valence-electron chi connectivity index (χ0n) is 22.9. The Morgan fingerprint density at radius 3 is 2.55 bits per heavy atom. The van der Waals surface area contributed by atoms with Gasteiger partial charge in [-0.05, 0) is 45.6 Å². The number of amides is 3. The molecule has 3 heterocycles. The van der Waals surface area contributed by atoms with Crippen LogP contribution in [0, 0.1) is 5.92 Å². The molecule has 0 radical (unpaired) electrons. The van der Waals surface area contributed by atoms with E-state index >= 15 is 0 Å². The number of carbonyl (C=O) groups excluding carboxylic acids is 3. The molecule has 3 aromatic rings. The van der Waals surface area contributed by atoms with Gasteiger partial charge in [-0.1, -0.05) is 60.9 Å². The summed E-state index contributed by atoms with van der Waals surface area (Å²) >= 11 is 1.29. The molecule has 1 saturated carbocycles. The number of hydrogen-bond donors (Lipinski definition) is 3. The summed E-state index contributed by atoms with van der Waals surface area (Å²) in [6.07, 6.45) is 9.31. The van der Waals surface area contributed by atoms with E-state index in [2.05, 4.69) is 20.9 Å². The molecule has 0 spiro atoms. The van der Waals surface area contributed by atoms with Gasteiger partial charge in [-0.25, -0.2) is 9.97 Å². The zero-order chi connectivity index (χ0) is 28.1. The average Bonchev–Trinajstić information content (AvgIpc) is 3.77. The minimum atomic E-state index is -0.642. The molecule has 3 atom stereocenters. The third-order valence-corrected chi connectivity index (χ3v) is 8.84. The maximum Gasteiger partial charge on any atom is 0.255 e. The van der Waals surface area contributed by atoms with Crippen LogP contribution in [0.25, 0.3) is 22.2 Å². The first kappa shape index (κ1) is 28.0. The Labute approximate surface area is 238 Å². The summed E-state index contributed by atoms with van der Waals surface area (Å²) < 4.78 is 5.45. The maximum absolute atomic E-state index is 14.0. The van der Waals surface area contributed by atoms with E-state index in [1.807, 2.05) is 30.3 Å². The molecule has 2 aliphatic rings. The predicted molar refractivity (Wildman–Crippen MR) is 153 cm³/mol. The average molecular weight is 565 g/mol. The van der Waals surface area contributed by atoms with E-state index < -0.39 is 18.1 Å². The summed E-state index contributed by atoms with van der Waals surface area (Å²) in [6.45, 7) is 2.25. The van der Waals surface area contributed by atoms with E-state index in [4.69, 9.17) is 9.40 Å². The van der Waals surface area contributed by atoms with Crippen molar-refractivity contribution in [3.8, 4) is 22.2 Å². The van der Waals surface area contributed by atoms with E-state index in [0.29, 0.717) is 34.6 Å². The lowest BCUT2D eigenvalue weighted by Gasteiger charge is -2.35. The normalized spacial score (nSPS) is 19.2. The quantitative estimate of drug-likeness (QED) is 0.357. The number of anilines is 1. The van der Waals surface area contributed by atoms with Gasteiger partial charge in [0.2, 0.25) is 17.7 Å². The van der Waals surface area contributed by atoms with Crippen molar-refractivity contribution in [2.45, 2.75) is 70.0 Å². The second-order valence-electron chi connectivity index (χ2n) is 10.5. The number of benzene rings is 1. The molecule has 40 heavy (non-hydrogen) atoms. The summed E-state index contributed by atoms with van der Waals surface area (Å²) in [5.41, 5.74) is 1.47. The molecule has 10 nitrogen and oxygen atoms in total. The molecule has 3 amide bonds. The van der Waals surface area contributed by atoms with Crippen molar-refractivity contribution in [3.63, 3.8) is 0 Å². The van der Waals surface area contributed by atoms with Crippen LogP contribution in [0.4, 0.5) is 5.00 Å². The first-order chi connectivity index (χ1) is 19.5. The highest BCUT2D eigenvalue weighted by molar-refractivity contribution is 7.19. The highest BCUT2D eigenvalue weighted by Crippen LogP contribution is 2.38. The Morgan fingerprint density at radius 1 is 1.07 bits per heavy atom. The minimum absolute atomic E-state index is 0.0631. The second-order valence-corrected chi connectivity index (χ2v) is 11.5. The van der Waals surface area contributed by atoms with Crippen molar-refractivity contribution in [3.05, 3.63) is 42.8 Å². The number of hydrogen-bond acceptors (Lipinski definition) is 8. The van der Waals surface area contributed by atoms with E-state index in [1.165, 1.54) is 17.6 Å². The number of likely N-dealkylation sites (tertiary alicyclic amines) is 1. The third kappa shape index (κ3) is 6.10.